The summed E-state index contributed by atoms with van der Waals surface area (Å²) in [4.78, 5) is 45.0. The first kappa shape index (κ1) is 29.8. The average Bonchev–Trinajstić information content (AvgIpc) is 3.54. The highest BCUT2D eigenvalue weighted by atomic mass is 16.5. The van der Waals surface area contributed by atoms with E-state index in [9.17, 15) is 19.5 Å². The highest BCUT2D eigenvalue weighted by Crippen LogP contribution is 2.41. The molecule has 1 fully saturated rings. The number of aryl methyl sites for hydroxylation is 1. The molecular weight excluding hydrogens is 508 g/mol. The van der Waals surface area contributed by atoms with E-state index in [-0.39, 0.29) is 30.0 Å². The Morgan fingerprint density at radius 3 is 2.62 bits per heavy atom. The summed E-state index contributed by atoms with van der Waals surface area (Å²) in [6, 6.07) is 10.7. The maximum atomic E-state index is 13.7. The summed E-state index contributed by atoms with van der Waals surface area (Å²) >= 11 is 0. The van der Waals surface area contributed by atoms with E-state index < -0.39 is 11.9 Å². The summed E-state index contributed by atoms with van der Waals surface area (Å²) in [7, 11) is 4.06. The Labute approximate surface area is 237 Å². The normalized spacial score (nSPS) is 20.4. The Morgan fingerprint density at radius 1 is 1.10 bits per heavy atom. The van der Waals surface area contributed by atoms with E-state index in [0.717, 1.165) is 49.1 Å². The summed E-state index contributed by atoms with van der Waals surface area (Å²) in [6.45, 7) is 6.11. The Hall–Kier alpha value is -3.17. The van der Waals surface area contributed by atoms with Crippen LogP contribution in [0, 0.1) is 5.92 Å². The molecule has 4 rings (SSSR count). The second kappa shape index (κ2) is 13.9. The van der Waals surface area contributed by atoms with Crippen LogP contribution in [0.1, 0.15) is 49.7 Å². The molecule has 1 amide bonds. The van der Waals surface area contributed by atoms with E-state index >= 15 is 0 Å². The predicted molar refractivity (Wildman–Crippen MR) is 155 cm³/mol. The molecule has 1 N–H and O–H groups in total. The molecule has 0 bridgehead atoms. The van der Waals surface area contributed by atoms with Crippen LogP contribution in [0.5, 0.6) is 5.75 Å². The Morgan fingerprint density at radius 2 is 1.90 bits per heavy atom. The molecule has 0 radical (unpaired) electrons. The van der Waals surface area contributed by atoms with Crippen LogP contribution in [-0.2, 0) is 22.6 Å². The number of hydrogen-bond acceptors (Lipinski definition) is 6. The van der Waals surface area contributed by atoms with Gasteiger partial charge in [-0.2, -0.15) is 0 Å². The number of pyridine rings is 1. The molecule has 2 aliphatic heterocycles. The van der Waals surface area contributed by atoms with Gasteiger partial charge in [0, 0.05) is 56.8 Å². The number of unbranched alkanes of at least 4 members (excludes halogenated alkanes) is 1. The van der Waals surface area contributed by atoms with Gasteiger partial charge in [0.2, 0.25) is 11.5 Å². The monoisotopic (exact) mass is 552 g/mol. The molecule has 9 nitrogen and oxygen atoms in total. The lowest BCUT2D eigenvalue weighted by atomic mass is 9.83. The number of likely N-dealkylation sites (tertiary alicyclic amines) is 1. The van der Waals surface area contributed by atoms with Gasteiger partial charge in [0.25, 0.3) is 0 Å². The van der Waals surface area contributed by atoms with Crippen LogP contribution in [0.4, 0.5) is 0 Å². The minimum atomic E-state index is -0.865. The minimum absolute atomic E-state index is 0.0428. The van der Waals surface area contributed by atoms with Crippen molar-refractivity contribution in [3.8, 4) is 5.75 Å². The molecule has 1 aromatic heterocycles. The van der Waals surface area contributed by atoms with Crippen LogP contribution in [-0.4, -0.2) is 95.7 Å². The van der Waals surface area contributed by atoms with Gasteiger partial charge in [-0.15, -0.1) is 0 Å². The van der Waals surface area contributed by atoms with Crippen molar-refractivity contribution in [3.05, 3.63) is 64.1 Å². The molecule has 1 aromatic carbocycles. The van der Waals surface area contributed by atoms with Crippen LogP contribution in [0.25, 0.3) is 0 Å². The van der Waals surface area contributed by atoms with Gasteiger partial charge in [0.05, 0.1) is 19.1 Å². The quantitative estimate of drug-likeness (QED) is 0.385. The van der Waals surface area contributed by atoms with Crippen LogP contribution in [0.3, 0.4) is 0 Å². The van der Waals surface area contributed by atoms with Crippen molar-refractivity contribution in [1.29, 1.82) is 0 Å². The molecule has 3 heterocycles. The maximum absolute atomic E-state index is 13.7. The fraction of sp³-hybridized carbons (Fsp3) is 0.581. The number of benzene rings is 1. The molecule has 40 heavy (non-hydrogen) atoms. The number of carboxylic acids is 1. The first-order valence-electron chi connectivity index (χ1n) is 14.6. The minimum Gasteiger partial charge on any atom is -0.493 e. The van der Waals surface area contributed by atoms with Gasteiger partial charge < -0.3 is 24.2 Å². The molecule has 2 aromatic rings. The van der Waals surface area contributed by atoms with Crippen molar-refractivity contribution in [2.45, 2.75) is 57.5 Å². The number of aromatic nitrogens is 1. The van der Waals surface area contributed by atoms with E-state index in [1.807, 2.05) is 31.1 Å². The van der Waals surface area contributed by atoms with E-state index in [2.05, 4.69) is 22.8 Å². The molecule has 3 unspecified atom stereocenters. The number of amides is 1. The molecule has 218 valence electrons. The molecule has 1 saturated heterocycles. The predicted octanol–water partition coefficient (Wildman–Crippen LogP) is 2.92. The molecular formula is C31H44N4O5. The standard InChI is InChI=1S/C31H44N4O5/c1-4-5-15-33(17-8-14-32(2)3)29(37)22-35-21-25(23-10-11-27-24(20-23)13-19-40-27)30(31(38)39)26(35)12-18-34-16-7-6-9-28(34)36/h6-7,9-11,16,20,25-26,30H,4-5,8,12-15,17-19,21-22H2,1-3H3,(H,38,39). The van der Waals surface area contributed by atoms with E-state index in [1.165, 1.54) is 6.07 Å². The lowest BCUT2D eigenvalue weighted by molar-refractivity contribution is -0.144. The zero-order chi connectivity index (χ0) is 28.6. The van der Waals surface area contributed by atoms with E-state index in [0.29, 0.717) is 39.2 Å². The smallest absolute Gasteiger partial charge is 0.308 e. The van der Waals surface area contributed by atoms with Gasteiger partial charge in [-0.3, -0.25) is 19.3 Å². The summed E-state index contributed by atoms with van der Waals surface area (Å²) in [5.74, 6) is -0.904. The summed E-state index contributed by atoms with van der Waals surface area (Å²) in [5, 5.41) is 10.5. The summed E-state index contributed by atoms with van der Waals surface area (Å²) < 4.78 is 7.30. The zero-order valence-corrected chi connectivity index (χ0v) is 24.1. The van der Waals surface area contributed by atoms with Crippen molar-refractivity contribution in [2.24, 2.45) is 5.92 Å². The van der Waals surface area contributed by atoms with Crippen LogP contribution in [0.15, 0.2) is 47.4 Å². The lowest BCUT2D eigenvalue weighted by Gasteiger charge is -2.30. The molecule has 0 aliphatic carbocycles. The van der Waals surface area contributed by atoms with Crippen molar-refractivity contribution >= 4 is 11.9 Å². The number of hydrogen-bond donors (Lipinski definition) is 1. The second-order valence-electron chi connectivity index (χ2n) is 11.3. The molecule has 0 saturated carbocycles. The van der Waals surface area contributed by atoms with Crippen LogP contribution < -0.4 is 10.3 Å². The molecule has 3 atom stereocenters. The Kier molecular flexibility index (Phi) is 10.4. The number of ether oxygens (including phenoxy) is 1. The van der Waals surface area contributed by atoms with Gasteiger partial charge in [0.1, 0.15) is 5.75 Å². The first-order chi connectivity index (χ1) is 19.3. The van der Waals surface area contributed by atoms with Gasteiger partial charge in [-0.25, -0.2) is 0 Å². The summed E-state index contributed by atoms with van der Waals surface area (Å²) in [6.07, 6.45) is 5.84. The number of fused-ring (bicyclic) bond motifs is 1. The largest absolute Gasteiger partial charge is 0.493 e. The fourth-order valence-corrected chi connectivity index (χ4v) is 6.11. The molecule has 9 heteroatoms. The van der Waals surface area contributed by atoms with E-state index in [1.54, 1.807) is 22.9 Å². The molecule has 2 aliphatic rings. The van der Waals surface area contributed by atoms with Crippen molar-refractivity contribution < 1.29 is 19.4 Å². The topological polar surface area (TPSA) is 95.3 Å². The maximum Gasteiger partial charge on any atom is 0.308 e. The number of carbonyl (C=O) groups is 2. The van der Waals surface area contributed by atoms with Crippen LogP contribution in [0.2, 0.25) is 0 Å². The van der Waals surface area contributed by atoms with Crippen molar-refractivity contribution in [2.75, 3.05) is 53.4 Å². The summed E-state index contributed by atoms with van der Waals surface area (Å²) in [5.41, 5.74) is 1.97. The number of nitrogens with zero attached hydrogens (tertiary/aromatic N) is 4. The number of carbonyl (C=O) groups excluding carboxylic acids is 1. The van der Waals surface area contributed by atoms with Gasteiger partial charge in [0.15, 0.2) is 0 Å². The fourth-order valence-electron chi connectivity index (χ4n) is 6.11. The van der Waals surface area contributed by atoms with Gasteiger partial charge >= 0.3 is 5.97 Å². The average molecular weight is 553 g/mol. The third-order valence-electron chi connectivity index (χ3n) is 8.25. The van der Waals surface area contributed by atoms with Gasteiger partial charge in [-0.05, 0) is 63.2 Å². The van der Waals surface area contributed by atoms with Crippen molar-refractivity contribution in [1.82, 2.24) is 19.3 Å². The number of carboxylic acid groups (broad SMARTS) is 1. The third kappa shape index (κ3) is 7.31. The Bertz CT molecular complexity index is 1210. The highest BCUT2D eigenvalue weighted by molar-refractivity contribution is 5.79. The third-order valence-corrected chi connectivity index (χ3v) is 8.25. The van der Waals surface area contributed by atoms with Crippen LogP contribution >= 0.6 is 0 Å². The SMILES string of the molecule is CCCCN(CCCN(C)C)C(=O)CN1CC(c2ccc3c(c2)CCO3)C(C(=O)O)C1CCn1ccccc1=O. The highest BCUT2D eigenvalue weighted by Gasteiger charge is 2.47. The first-order valence-corrected chi connectivity index (χ1v) is 14.6. The second-order valence-corrected chi connectivity index (χ2v) is 11.3. The van der Waals surface area contributed by atoms with Crippen molar-refractivity contribution in [3.63, 3.8) is 0 Å². The molecule has 0 spiro atoms. The van der Waals surface area contributed by atoms with Gasteiger partial charge in [-0.1, -0.05) is 31.5 Å². The Balaban J connectivity index is 1.59. The van der Waals surface area contributed by atoms with E-state index in [4.69, 9.17) is 4.74 Å². The lowest BCUT2D eigenvalue weighted by Crippen LogP contribution is -2.45. The zero-order valence-electron chi connectivity index (χ0n) is 24.1. The number of aliphatic carboxylic acids is 1. The number of rotatable bonds is 14.